The maximum absolute atomic E-state index is 12.9. The van der Waals surface area contributed by atoms with E-state index in [-0.39, 0.29) is 11.8 Å². The van der Waals surface area contributed by atoms with Gasteiger partial charge in [-0.3, -0.25) is 4.79 Å². The fourth-order valence-electron chi connectivity index (χ4n) is 3.48. The number of carbonyl (C=O) groups is 1. The molecule has 1 fully saturated rings. The summed E-state index contributed by atoms with van der Waals surface area (Å²) in [6, 6.07) is 10.1. The van der Waals surface area contributed by atoms with Crippen LogP contribution in [0.4, 0.5) is 5.88 Å². The van der Waals surface area contributed by atoms with E-state index in [1.165, 1.54) is 0 Å². The first-order valence-corrected chi connectivity index (χ1v) is 10.1. The van der Waals surface area contributed by atoms with Gasteiger partial charge in [-0.2, -0.15) is 0 Å². The van der Waals surface area contributed by atoms with Crippen LogP contribution in [0.1, 0.15) is 46.1 Å². The van der Waals surface area contributed by atoms with Crippen molar-refractivity contribution in [3.8, 4) is 11.3 Å². The number of carbonyl (C=O) groups excluding carboxylic acids is 1. The molecule has 0 spiro atoms. The molecule has 5 heteroatoms. The summed E-state index contributed by atoms with van der Waals surface area (Å²) in [6.45, 7) is 11.5. The molecule has 27 heavy (non-hydrogen) atoms. The number of nitrogens with zero attached hydrogens (tertiary/aromatic N) is 3. The number of rotatable bonds is 9. The van der Waals surface area contributed by atoms with Crippen molar-refractivity contribution in [3.63, 3.8) is 0 Å². The van der Waals surface area contributed by atoms with Crippen LogP contribution in [0, 0.1) is 11.8 Å². The minimum absolute atomic E-state index is 0.209. The summed E-state index contributed by atoms with van der Waals surface area (Å²) in [5.41, 5.74) is 2.88. The Morgan fingerprint density at radius 3 is 2.41 bits per heavy atom. The first-order chi connectivity index (χ1) is 13.0. The number of aromatic nitrogens is 1. The number of anilines is 1. The number of benzene rings is 1. The minimum Gasteiger partial charge on any atom is -0.341 e. The number of amides is 1. The Kier molecular flexibility index (Phi) is 6.19. The van der Waals surface area contributed by atoms with E-state index >= 15 is 0 Å². The second kappa shape index (κ2) is 8.59. The van der Waals surface area contributed by atoms with Crippen molar-refractivity contribution < 1.29 is 9.32 Å². The third-order valence-electron chi connectivity index (χ3n) is 5.04. The van der Waals surface area contributed by atoms with Crippen molar-refractivity contribution in [2.24, 2.45) is 11.8 Å². The van der Waals surface area contributed by atoms with Gasteiger partial charge >= 0.3 is 0 Å². The van der Waals surface area contributed by atoms with Gasteiger partial charge in [0.1, 0.15) is 5.69 Å². The monoisotopic (exact) mass is 369 g/mol. The van der Waals surface area contributed by atoms with Gasteiger partial charge in [0.25, 0.3) is 0 Å². The molecule has 1 aliphatic rings. The van der Waals surface area contributed by atoms with E-state index in [4.69, 9.17) is 4.52 Å². The second-order valence-corrected chi connectivity index (χ2v) is 7.74. The quantitative estimate of drug-likeness (QED) is 0.649. The van der Waals surface area contributed by atoms with Crippen LogP contribution in [0.2, 0.25) is 0 Å². The Morgan fingerprint density at radius 2 is 1.85 bits per heavy atom. The summed E-state index contributed by atoms with van der Waals surface area (Å²) in [7, 11) is 0. The van der Waals surface area contributed by atoms with E-state index in [1.807, 2.05) is 35.2 Å². The molecule has 146 valence electrons. The van der Waals surface area contributed by atoms with Gasteiger partial charge < -0.3 is 14.3 Å². The van der Waals surface area contributed by atoms with Gasteiger partial charge in [0.05, 0.1) is 12.1 Å². The first kappa shape index (κ1) is 19.5. The summed E-state index contributed by atoms with van der Waals surface area (Å²) in [4.78, 5) is 17.1. The smallest absolute Gasteiger partial charge is 0.232 e. The molecule has 1 amide bonds. The fraction of sp³-hybridized carbons (Fsp3) is 0.545. The highest BCUT2D eigenvalue weighted by Crippen LogP contribution is 2.35. The SMILES string of the molecule is CCN(CC)c1onc(-c2ccccc2)c1CN(CC(C)C)C(=O)C1CC1. The summed E-state index contributed by atoms with van der Waals surface area (Å²) in [6.07, 6.45) is 2.04. The number of hydrogen-bond acceptors (Lipinski definition) is 4. The lowest BCUT2D eigenvalue weighted by molar-refractivity contribution is -0.133. The highest BCUT2D eigenvalue weighted by Gasteiger charge is 2.35. The molecule has 0 N–H and O–H groups in total. The van der Waals surface area contributed by atoms with E-state index in [0.717, 1.165) is 55.2 Å². The van der Waals surface area contributed by atoms with Crippen LogP contribution < -0.4 is 4.90 Å². The highest BCUT2D eigenvalue weighted by atomic mass is 16.5. The van der Waals surface area contributed by atoms with E-state index in [0.29, 0.717) is 12.5 Å². The van der Waals surface area contributed by atoms with Gasteiger partial charge in [0, 0.05) is 31.1 Å². The first-order valence-electron chi connectivity index (χ1n) is 10.1. The molecule has 3 rings (SSSR count). The molecule has 1 aromatic heterocycles. The molecule has 1 aliphatic carbocycles. The fourth-order valence-corrected chi connectivity index (χ4v) is 3.48. The largest absolute Gasteiger partial charge is 0.341 e. The Bertz CT molecular complexity index is 746. The summed E-state index contributed by atoms with van der Waals surface area (Å²) in [5, 5.41) is 4.40. The molecule has 0 aliphatic heterocycles. The molecule has 0 unspecified atom stereocenters. The standard InChI is InChI=1S/C22H31N3O2/c1-5-24(6-2)22-19(20(23-27-22)17-10-8-7-9-11-17)15-25(14-16(3)4)21(26)18-12-13-18/h7-11,16,18H,5-6,12-15H2,1-4H3. The van der Waals surface area contributed by atoms with Crippen molar-refractivity contribution in [1.82, 2.24) is 10.1 Å². The highest BCUT2D eigenvalue weighted by molar-refractivity contribution is 5.81. The molecule has 1 heterocycles. The van der Waals surface area contributed by atoms with Crippen molar-refractivity contribution >= 4 is 11.8 Å². The van der Waals surface area contributed by atoms with Crippen LogP contribution in [-0.2, 0) is 11.3 Å². The predicted molar refractivity (Wildman–Crippen MR) is 108 cm³/mol. The molecule has 1 aromatic carbocycles. The topological polar surface area (TPSA) is 49.6 Å². The second-order valence-electron chi connectivity index (χ2n) is 7.74. The lowest BCUT2D eigenvalue weighted by Crippen LogP contribution is -2.35. The molecular weight excluding hydrogens is 338 g/mol. The molecule has 0 radical (unpaired) electrons. The Labute approximate surface area is 162 Å². The van der Waals surface area contributed by atoms with Crippen molar-refractivity contribution in [3.05, 3.63) is 35.9 Å². The molecular formula is C22H31N3O2. The van der Waals surface area contributed by atoms with Gasteiger partial charge in [-0.25, -0.2) is 0 Å². The maximum atomic E-state index is 12.9. The molecule has 5 nitrogen and oxygen atoms in total. The molecule has 0 saturated heterocycles. The Balaban J connectivity index is 1.99. The van der Waals surface area contributed by atoms with E-state index < -0.39 is 0 Å². The van der Waals surface area contributed by atoms with Crippen LogP contribution >= 0.6 is 0 Å². The summed E-state index contributed by atoms with van der Waals surface area (Å²) >= 11 is 0. The number of hydrogen-bond donors (Lipinski definition) is 0. The average molecular weight is 370 g/mol. The normalized spacial score (nSPS) is 13.8. The van der Waals surface area contributed by atoms with Crippen LogP contribution in [0.3, 0.4) is 0 Å². The minimum atomic E-state index is 0.209. The average Bonchev–Trinajstić information content (AvgIpc) is 3.44. The van der Waals surface area contributed by atoms with Gasteiger partial charge in [0.2, 0.25) is 11.8 Å². The van der Waals surface area contributed by atoms with Gasteiger partial charge in [-0.1, -0.05) is 49.3 Å². The molecule has 0 atom stereocenters. The van der Waals surface area contributed by atoms with Gasteiger partial charge in [-0.05, 0) is 32.6 Å². The van der Waals surface area contributed by atoms with Crippen molar-refractivity contribution in [1.29, 1.82) is 0 Å². The lowest BCUT2D eigenvalue weighted by Gasteiger charge is -2.26. The summed E-state index contributed by atoms with van der Waals surface area (Å²) in [5.74, 6) is 1.69. The Hall–Kier alpha value is -2.30. The lowest BCUT2D eigenvalue weighted by atomic mass is 10.1. The van der Waals surface area contributed by atoms with E-state index in [9.17, 15) is 4.79 Å². The van der Waals surface area contributed by atoms with Crippen molar-refractivity contribution in [2.75, 3.05) is 24.5 Å². The molecule has 0 bridgehead atoms. The van der Waals surface area contributed by atoms with Crippen LogP contribution in [0.5, 0.6) is 0 Å². The van der Waals surface area contributed by atoms with Crippen LogP contribution in [-0.4, -0.2) is 35.6 Å². The van der Waals surface area contributed by atoms with E-state index in [1.54, 1.807) is 0 Å². The predicted octanol–water partition coefficient (Wildman–Crippen LogP) is 4.58. The van der Waals surface area contributed by atoms with Crippen molar-refractivity contribution in [2.45, 2.75) is 47.1 Å². The zero-order valence-corrected chi connectivity index (χ0v) is 16.9. The third kappa shape index (κ3) is 4.52. The zero-order valence-electron chi connectivity index (χ0n) is 16.9. The van der Waals surface area contributed by atoms with Crippen LogP contribution in [0.25, 0.3) is 11.3 Å². The van der Waals surface area contributed by atoms with Crippen LogP contribution in [0.15, 0.2) is 34.9 Å². The molecule has 2 aromatic rings. The van der Waals surface area contributed by atoms with Gasteiger partial charge in [-0.15, -0.1) is 0 Å². The van der Waals surface area contributed by atoms with Gasteiger partial charge in [0.15, 0.2) is 0 Å². The third-order valence-corrected chi connectivity index (χ3v) is 5.04. The summed E-state index contributed by atoms with van der Waals surface area (Å²) < 4.78 is 5.79. The molecule has 1 saturated carbocycles. The van der Waals surface area contributed by atoms with E-state index in [2.05, 4.69) is 37.8 Å². The maximum Gasteiger partial charge on any atom is 0.232 e. The Morgan fingerprint density at radius 1 is 1.19 bits per heavy atom. The zero-order chi connectivity index (χ0) is 19.4.